The van der Waals surface area contributed by atoms with Crippen molar-refractivity contribution in [2.45, 2.75) is 45.1 Å². The Morgan fingerprint density at radius 2 is 1.56 bits per heavy atom. The molecule has 1 unspecified atom stereocenters. The van der Waals surface area contributed by atoms with Gasteiger partial charge in [-0.1, -0.05) is 67.9 Å². The number of nitrogens with one attached hydrogen (secondary N) is 2. The van der Waals surface area contributed by atoms with Crippen molar-refractivity contribution in [2.24, 2.45) is 5.92 Å². The summed E-state index contributed by atoms with van der Waals surface area (Å²) >= 11 is 0. The number of aryl methyl sites for hydroxylation is 2. The van der Waals surface area contributed by atoms with Gasteiger partial charge in [-0.15, -0.1) is 0 Å². The Morgan fingerprint density at radius 3 is 2.19 bits per heavy atom. The molecule has 0 aliphatic heterocycles. The van der Waals surface area contributed by atoms with Crippen LogP contribution in [-0.4, -0.2) is 14.3 Å². The molecule has 5 nitrogen and oxygen atoms in total. The molecule has 0 aromatic heterocycles. The molecule has 0 bridgehead atoms. The summed E-state index contributed by atoms with van der Waals surface area (Å²) < 4.78 is 28.3. The van der Waals surface area contributed by atoms with E-state index in [0.29, 0.717) is 17.2 Å². The van der Waals surface area contributed by atoms with Gasteiger partial charge in [0.05, 0.1) is 16.6 Å². The molecule has 0 heterocycles. The molecular weight excluding hydrogens is 420 g/mol. The van der Waals surface area contributed by atoms with E-state index < -0.39 is 10.0 Å². The molecule has 3 rings (SSSR count). The summed E-state index contributed by atoms with van der Waals surface area (Å²) in [6.45, 7) is 7.94. The van der Waals surface area contributed by atoms with Gasteiger partial charge in [-0.3, -0.25) is 9.52 Å². The van der Waals surface area contributed by atoms with Crippen molar-refractivity contribution < 1.29 is 13.2 Å². The van der Waals surface area contributed by atoms with Gasteiger partial charge in [-0.05, 0) is 61.6 Å². The second-order valence-electron chi connectivity index (χ2n) is 8.51. The fourth-order valence-electron chi connectivity index (χ4n) is 3.47. The lowest BCUT2D eigenvalue weighted by Crippen LogP contribution is -2.29. The Hall–Kier alpha value is -3.12. The minimum atomic E-state index is -3.76. The van der Waals surface area contributed by atoms with Crippen LogP contribution in [-0.2, 0) is 10.0 Å². The van der Waals surface area contributed by atoms with Crippen molar-refractivity contribution >= 4 is 21.6 Å². The maximum Gasteiger partial charge on any atom is 0.261 e. The first-order chi connectivity index (χ1) is 15.2. The summed E-state index contributed by atoms with van der Waals surface area (Å²) in [7, 11) is -3.76. The summed E-state index contributed by atoms with van der Waals surface area (Å²) in [6, 6.07) is 21.4. The first-order valence-electron chi connectivity index (χ1n) is 10.7. The maximum absolute atomic E-state index is 13.1. The molecule has 6 heteroatoms. The lowest BCUT2D eigenvalue weighted by atomic mass is 9.96. The molecule has 1 atom stereocenters. The lowest BCUT2D eigenvalue weighted by Gasteiger charge is -2.21. The molecule has 2 N–H and O–H groups in total. The SMILES string of the molecule is Cc1ccc(S(=O)(=O)Nc2cc(C(=O)NC(CC(C)C)c3ccccc3)ccc2C)cc1. The summed E-state index contributed by atoms with van der Waals surface area (Å²) in [5, 5.41) is 3.11. The van der Waals surface area contributed by atoms with Gasteiger partial charge in [0.15, 0.2) is 0 Å². The Morgan fingerprint density at radius 1 is 0.906 bits per heavy atom. The van der Waals surface area contributed by atoms with E-state index in [0.717, 1.165) is 23.1 Å². The first kappa shape index (κ1) is 23.5. The molecule has 0 fully saturated rings. The predicted molar refractivity (Wildman–Crippen MR) is 129 cm³/mol. The topological polar surface area (TPSA) is 75.3 Å². The minimum Gasteiger partial charge on any atom is -0.345 e. The zero-order valence-corrected chi connectivity index (χ0v) is 19.7. The fraction of sp³-hybridized carbons (Fsp3) is 0.269. The van der Waals surface area contributed by atoms with Gasteiger partial charge in [-0.2, -0.15) is 0 Å². The van der Waals surface area contributed by atoms with Crippen molar-refractivity contribution in [3.05, 3.63) is 95.1 Å². The number of carbonyl (C=O) groups excluding carboxylic acids is 1. The second kappa shape index (κ2) is 10.0. The highest BCUT2D eigenvalue weighted by Gasteiger charge is 2.19. The monoisotopic (exact) mass is 450 g/mol. The molecule has 0 saturated heterocycles. The zero-order chi connectivity index (χ0) is 23.3. The van der Waals surface area contributed by atoms with Gasteiger partial charge < -0.3 is 5.32 Å². The van der Waals surface area contributed by atoms with Crippen molar-refractivity contribution in [1.29, 1.82) is 0 Å². The van der Waals surface area contributed by atoms with Gasteiger partial charge in [0, 0.05) is 5.56 Å². The van der Waals surface area contributed by atoms with Crippen LogP contribution < -0.4 is 10.0 Å². The third kappa shape index (κ3) is 5.98. The molecule has 1 amide bonds. The van der Waals surface area contributed by atoms with Crippen LogP contribution in [0.25, 0.3) is 0 Å². The third-order valence-electron chi connectivity index (χ3n) is 5.29. The Bertz CT molecular complexity index is 1170. The molecule has 32 heavy (non-hydrogen) atoms. The maximum atomic E-state index is 13.1. The van der Waals surface area contributed by atoms with Crippen LogP contribution in [0.3, 0.4) is 0 Å². The fourth-order valence-corrected chi connectivity index (χ4v) is 4.59. The molecule has 3 aromatic rings. The summed E-state index contributed by atoms with van der Waals surface area (Å²) in [5.41, 5.74) is 3.55. The van der Waals surface area contributed by atoms with E-state index >= 15 is 0 Å². The molecule has 0 spiro atoms. The lowest BCUT2D eigenvalue weighted by molar-refractivity contribution is 0.0932. The van der Waals surface area contributed by atoms with E-state index in [1.54, 1.807) is 49.4 Å². The van der Waals surface area contributed by atoms with Gasteiger partial charge in [0.1, 0.15) is 0 Å². The second-order valence-corrected chi connectivity index (χ2v) is 10.2. The Kier molecular flexibility index (Phi) is 7.36. The van der Waals surface area contributed by atoms with Gasteiger partial charge in [0.2, 0.25) is 0 Å². The standard InChI is InChI=1S/C26H30N2O3S/c1-18(2)16-25(21-8-6-5-7-9-21)27-26(29)22-13-12-20(4)24(17-22)28-32(30,31)23-14-10-19(3)11-15-23/h5-15,17-18,25,28H,16H2,1-4H3,(H,27,29). The van der Waals surface area contributed by atoms with Crippen LogP contribution in [0.4, 0.5) is 5.69 Å². The van der Waals surface area contributed by atoms with Crippen molar-refractivity contribution in [2.75, 3.05) is 4.72 Å². The highest BCUT2D eigenvalue weighted by atomic mass is 32.2. The number of rotatable bonds is 8. The first-order valence-corrected chi connectivity index (χ1v) is 12.2. The molecule has 3 aromatic carbocycles. The van der Waals surface area contributed by atoms with E-state index in [4.69, 9.17) is 0 Å². The van der Waals surface area contributed by atoms with E-state index in [9.17, 15) is 13.2 Å². The molecule has 168 valence electrons. The van der Waals surface area contributed by atoms with Crippen LogP contribution in [0.5, 0.6) is 0 Å². The van der Waals surface area contributed by atoms with E-state index in [1.165, 1.54) is 0 Å². The van der Waals surface area contributed by atoms with E-state index in [1.807, 2.05) is 37.3 Å². The highest BCUT2D eigenvalue weighted by molar-refractivity contribution is 7.92. The smallest absolute Gasteiger partial charge is 0.261 e. The van der Waals surface area contributed by atoms with Crippen molar-refractivity contribution in [1.82, 2.24) is 5.32 Å². The van der Waals surface area contributed by atoms with Crippen LogP contribution in [0.15, 0.2) is 77.7 Å². The number of hydrogen-bond donors (Lipinski definition) is 2. The quantitative estimate of drug-likeness (QED) is 0.468. The molecular formula is C26H30N2O3S. The molecule has 0 aliphatic carbocycles. The average Bonchev–Trinajstić information content (AvgIpc) is 2.75. The number of hydrogen-bond acceptors (Lipinski definition) is 3. The Balaban J connectivity index is 1.83. The number of benzene rings is 3. The average molecular weight is 451 g/mol. The van der Waals surface area contributed by atoms with Crippen LogP contribution in [0, 0.1) is 19.8 Å². The Labute approximate surface area is 190 Å². The summed E-state index contributed by atoms with van der Waals surface area (Å²) in [6.07, 6.45) is 0.800. The van der Waals surface area contributed by atoms with Crippen LogP contribution in [0.1, 0.15) is 53.4 Å². The highest BCUT2D eigenvalue weighted by Crippen LogP contribution is 2.24. The predicted octanol–water partition coefficient (Wildman–Crippen LogP) is 5.62. The largest absolute Gasteiger partial charge is 0.345 e. The van der Waals surface area contributed by atoms with Crippen molar-refractivity contribution in [3.8, 4) is 0 Å². The number of carbonyl (C=O) groups is 1. The van der Waals surface area contributed by atoms with Crippen LogP contribution in [0.2, 0.25) is 0 Å². The number of anilines is 1. The van der Waals surface area contributed by atoms with Crippen LogP contribution >= 0.6 is 0 Å². The number of sulfonamides is 1. The molecule has 0 aliphatic rings. The van der Waals surface area contributed by atoms with Gasteiger partial charge in [0.25, 0.3) is 15.9 Å². The molecule has 0 radical (unpaired) electrons. The minimum absolute atomic E-state index is 0.127. The number of amides is 1. The third-order valence-corrected chi connectivity index (χ3v) is 6.67. The van der Waals surface area contributed by atoms with Gasteiger partial charge >= 0.3 is 0 Å². The van der Waals surface area contributed by atoms with Crippen molar-refractivity contribution in [3.63, 3.8) is 0 Å². The van der Waals surface area contributed by atoms with E-state index in [-0.39, 0.29) is 16.8 Å². The summed E-state index contributed by atoms with van der Waals surface area (Å²) in [4.78, 5) is 13.2. The normalized spacial score (nSPS) is 12.4. The molecule has 0 saturated carbocycles. The van der Waals surface area contributed by atoms with E-state index in [2.05, 4.69) is 23.9 Å². The zero-order valence-electron chi connectivity index (χ0n) is 18.9. The summed E-state index contributed by atoms with van der Waals surface area (Å²) in [5.74, 6) is 0.158. The van der Waals surface area contributed by atoms with Gasteiger partial charge in [-0.25, -0.2) is 8.42 Å².